The average Bonchev–Trinajstić information content (AvgIpc) is 2.29. The highest BCUT2D eigenvalue weighted by Crippen LogP contribution is 2.24. The van der Waals surface area contributed by atoms with Gasteiger partial charge in [-0.1, -0.05) is 33.1 Å². The monoisotopic (exact) mass is 255 g/mol. The highest BCUT2D eigenvalue weighted by molar-refractivity contribution is 5.80. The minimum Gasteiger partial charge on any atom is -0.465 e. The van der Waals surface area contributed by atoms with E-state index in [1.807, 2.05) is 13.8 Å². The quantitative estimate of drug-likeness (QED) is 0.740. The topological polar surface area (TPSA) is 38.3 Å². The highest BCUT2D eigenvalue weighted by Gasteiger charge is 2.37. The second-order valence-electron chi connectivity index (χ2n) is 6.13. The molecule has 1 N–H and O–H groups in total. The predicted octanol–water partition coefficient (Wildman–Crippen LogP) is 3.28. The normalized spacial score (nSPS) is 20.7. The molecule has 0 aromatic heterocycles. The maximum Gasteiger partial charge on any atom is 0.326 e. The molecule has 0 spiro atoms. The average molecular weight is 255 g/mol. The third-order valence-corrected chi connectivity index (χ3v) is 3.67. The minimum atomic E-state index is -0.522. The molecule has 1 atom stereocenters. The summed E-state index contributed by atoms with van der Waals surface area (Å²) < 4.78 is 5.25. The van der Waals surface area contributed by atoms with E-state index in [0.717, 1.165) is 6.42 Å². The third-order valence-electron chi connectivity index (χ3n) is 3.67. The summed E-state index contributed by atoms with van der Waals surface area (Å²) in [6.07, 6.45) is 7.09. The van der Waals surface area contributed by atoms with Gasteiger partial charge in [-0.05, 0) is 39.0 Å². The molecule has 3 heteroatoms. The molecule has 0 heterocycles. The second-order valence-corrected chi connectivity index (χ2v) is 6.13. The molecule has 106 valence electrons. The van der Waals surface area contributed by atoms with Crippen LogP contribution in [-0.4, -0.2) is 24.2 Å². The fourth-order valence-corrected chi connectivity index (χ4v) is 3.01. The summed E-state index contributed by atoms with van der Waals surface area (Å²) in [5, 5.41) is 3.57. The van der Waals surface area contributed by atoms with Gasteiger partial charge in [0, 0.05) is 6.04 Å². The van der Waals surface area contributed by atoms with Gasteiger partial charge in [0.25, 0.3) is 0 Å². The Bertz CT molecular complexity index is 259. The van der Waals surface area contributed by atoms with Crippen molar-refractivity contribution in [1.29, 1.82) is 0 Å². The van der Waals surface area contributed by atoms with Crippen molar-refractivity contribution in [3.05, 3.63) is 0 Å². The molecule has 1 aliphatic carbocycles. The summed E-state index contributed by atoms with van der Waals surface area (Å²) in [5.74, 6) is 0.389. The molecule has 0 amide bonds. The van der Waals surface area contributed by atoms with E-state index in [-0.39, 0.29) is 5.97 Å². The lowest BCUT2D eigenvalue weighted by molar-refractivity contribution is -0.151. The number of hydrogen-bond donors (Lipinski definition) is 1. The maximum absolute atomic E-state index is 12.2. The Balaban J connectivity index is 2.66. The molecule has 1 saturated carbocycles. The number of carbonyl (C=O) groups is 1. The first-order valence-electron chi connectivity index (χ1n) is 7.43. The van der Waals surface area contributed by atoms with Crippen molar-refractivity contribution in [2.75, 3.05) is 6.61 Å². The number of carbonyl (C=O) groups excluding carboxylic acids is 1. The Labute approximate surface area is 112 Å². The van der Waals surface area contributed by atoms with E-state index >= 15 is 0 Å². The molecule has 0 aromatic carbocycles. The van der Waals surface area contributed by atoms with E-state index in [1.165, 1.54) is 32.1 Å². The van der Waals surface area contributed by atoms with Crippen LogP contribution in [0.15, 0.2) is 0 Å². The van der Waals surface area contributed by atoms with Crippen LogP contribution in [0.1, 0.15) is 66.2 Å². The fraction of sp³-hybridized carbons (Fsp3) is 0.933. The smallest absolute Gasteiger partial charge is 0.326 e. The Hall–Kier alpha value is -0.570. The Morgan fingerprint density at radius 3 is 2.44 bits per heavy atom. The summed E-state index contributed by atoms with van der Waals surface area (Å²) in [7, 11) is 0. The Kier molecular flexibility index (Phi) is 6.13. The lowest BCUT2D eigenvalue weighted by Gasteiger charge is -2.36. The number of hydrogen-bond acceptors (Lipinski definition) is 3. The zero-order valence-electron chi connectivity index (χ0n) is 12.4. The van der Waals surface area contributed by atoms with Crippen LogP contribution in [0.3, 0.4) is 0 Å². The molecule has 3 nitrogen and oxygen atoms in total. The van der Waals surface area contributed by atoms with Gasteiger partial charge >= 0.3 is 5.97 Å². The van der Waals surface area contributed by atoms with Gasteiger partial charge in [-0.25, -0.2) is 0 Å². The summed E-state index contributed by atoms with van der Waals surface area (Å²) in [5.41, 5.74) is -0.522. The summed E-state index contributed by atoms with van der Waals surface area (Å²) in [4.78, 5) is 12.2. The zero-order chi connectivity index (χ0) is 13.6. The van der Waals surface area contributed by atoms with Crippen molar-refractivity contribution in [2.24, 2.45) is 5.92 Å². The van der Waals surface area contributed by atoms with Gasteiger partial charge < -0.3 is 4.74 Å². The molecule has 1 rings (SSSR count). The fourth-order valence-electron chi connectivity index (χ4n) is 3.01. The van der Waals surface area contributed by atoms with Crippen LogP contribution in [0.4, 0.5) is 0 Å². The van der Waals surface area contributed by atoms with Crippen LogP contribution in [-0.2, 0) is 9.53 Å². The molecule has 0 bridgehead atoms. The van der Waals surface area contributed by atoms with E-state index in [0.29, 0.717) is 18.6 Å². The summed E-state index contributed by atoms with van der Waals surface area (Å²) in [6.45, 7) is 8.63. The first kappa shape index (κ1) is 15.5. The summed E-state index contributed by atoms with van der Waals surface area (Å²) in [6, 6.07) is 0.479. The van der Waals surface area contributed by atoms with Crippen LogP contribution in [0.25, 0.3) is 0 Å². The van der Waals surface area contributed by atoms with Crippen LogP contribution in [0.5, 0.6) is 0 Å². The van der Waals surface area contributed by atoms with Crippen molar-refractivity contribution in [3.63, 3.8) is 0 Å². The SMILES string of the molecule is CCOC(=O)C(C)(CC(C)C)NC1CCCCC1. The molecular weight excluding hydrogens is 226 g/mol. The van der Waals surface area contributed by atoms with Crippen LogP contribution in [0.2, 0.25) is 0 Å². The number of rotatable bonds is 6. The van der Waals surface area contributed by atoms with Crippen molar-refractivity contribution >= 4 is 5.97 Å². The van der Waals surface area contributed by atoms with Gasteiger partial charge in [0.1, 0.15) is 5.54 Å². The van der Waals surface area contributed by atoms with Gasteiger partial charge in [-0.15, -0.1) is 0 Å². The first-order valence-corrected chi connectivity index (χ1v) is 7.43. The van der Waals surface area contributed by atoms with Crippen LogP contribution < -0.4 is 5.32 Å². The standard InChI is InChI=1S/C15H29NO2/c1-5-18-14(17)15(4,11-12(2)3)16-13-9-7-6-8-10-13/h12-13,16H,5-11H2,1-4H3. The van der Waals surface area contributed by atoms with Gasteiger partial charge in [0.05, 0.1) is 6.61 Å². The zero-order valence-corrected chi connectivity index (χ0v) is 12.4. The van der Waals surface area contributed by atoms with Gasteiger partial charge in [0.2, 0.25) is 0 Å². The molecule has 1 fully saturated rings. The number of nitrogens with one attached hydrogen (secondary N) is 1. The minimum absolute atomic E-state index is 0.0933. The summed E-state index contributed by atoms with van der Waals surface area (Å²) >= 11 is 0. The van der Waals surface area contributed by atoms with E-state index < -0.39 is 5.54 Å². The second kappa shape index (κ2) is 7.13. The lowest BCUT2D eigenvalue weighted by Crippen LogP contribution is -2.55. The molecule has 0 aliphatic heterocycles. The predicted molar refractivity (Wildman–Crippen MR) is 74.5 cm³/mol. The highest BCUT2D eigenvalue weighted by atomic mass is 16.5. The van der Waals surface area contributed by atoms with Crippen molar-refractivity contribution < 1.29 is 9.53 Å². The number of ether oxygens (including phenoxy) is 1. The number of esters is 1. The molecule has 0 aromatic rings. The molecular formula is C15H29NO2. The molecule has 18 heavy (non-hydrogen) atoms. The molecule has 0 saturated heterocycles. The van der Waals surface area contributed by atoms with Crippen LogP contribution in [0, 0.1) is 5.92 Å². The molecule has 1 aliphatic rings. The Morgan fingerprint density at radius 1 is 1.33 bits per heavy atom. The van der Waals surface area contributed by atoms with Crippen molar-refractivity contribution in [2.45, 2.75) is 77.8 Å². The van der Waals surface area contributed by atoms with Crippen LogP contribution >= 0.6 is 0 Å². The van der Waals surface area contributed by atoms with Crippen molar-refractivity contribution in [3.8, 4) is 0 Å². The largest absolute Gasteiger partial charge is 0.465 e. The molecule has 1 unspecified atom stereocenters. The third kappa shape index (κ3) is 4.60. The van der Waals surface area contributed by atoms with E-state index in [1.54, 1.807) is 0 Å². The van der Waals surface area contributed by atoms with Crippen molar-refractivity contribution in [1.82, 2.24) is 5.32 Å². The van der Waals surface area contributed by atoms with Gasteiger partial charge in [0.15, 0.2) is 0 Å². The van der Waals surface area contributed by atoms with Gasteiger partial charge in [-0.3, -0.25) is 10.1 Å². The maximum atomic E-state index is 12.2. The van der Waals surface area contributed by atoms with E-state index in [4.69, 9.17) is 4.74 Å². The van der Waals surface area contributed by atoms with E-state index in [2.05, 4.69) is 19.2 Å². The molecule has 0 radical (unpaired) electrons. The van der Waals surface area contributed by atoms with E-state index in [9.17, 15) is 4.79 Å². The first-order chi connectivity index (χ1) is 8.48. The Morgan fingerprint density at radius 2 is 1.94 bits per heavy atom. The lowest BCUT2D eigenvalue weighted by atomic mass is 9.87. The van der Waals surface area contributed by atoms with Gasteiger partial charge in [-0.2, -0.15) is 0 Å².